The number of carbonyl (C=O) groups is 1. The first kappa shape index (κ1) is 13.4. The highest BCUT2D eigenvalue weighted by Crippen LogP contribution is 2.26. The monoisotopic (exact) mass is 334 g/mol. The molecule has 0 amide bonds. The molecule has 1 heterocycles. The molecule has 0 bridgehead atoms. The van der Waals surface area contributed by atoms with Crippen LogP contribution in [0.5, 0.6) is 5.75 Å². The molecular weight excluding hydrogens is 324 g/mol. The Morgan fingerprint density at radius 1 is 1.44 bits per heavy atom. The van der Waals surface area contributed by atoms with E-state index in [1.54, 1.807) is 6.07 Å². The number of aromatic carboxylic acids is 1. The van der Waals surface area contributed by atoms with E-state index < -0.39 is 21.9 Å². The predicted molar refractivity (Wildman–Crippen MR) is 68.8 cm³/mol. The summed E-state index contributed by atoms with van der Waals surface area (Å²) in [7, 11) is -3.04. The first-order valence-electron chi connectivity index (χ1n) is 5.27. The number of ether oxygens (including phenoxy) is 1. The molecule has 0 aromatic heterocycles. The van der Waals surface area contributed by atoms with Gasteiger partial charge in [0.15, 0.2) is 9.84 Å². The Balaban J connectivity index is 2.22. The van der Waals surface area contributed by atoms with E-state index in [0.717, 1.165) is 0 Å². The van der Waals surface area contributed by atoms with Gasteiger partial charge >= 0.3 is 5.97 Å². The Morgan fingerprint density at radius 2 is 2.17 bits per heavy atom. The van der Waals surface area contributed by atoms with E-state index in [1.807, 2.05) is 0 Å². The van der Waals surface area contributed by atoms with Gasteiger partial charge in [-0.25, -0.2) is 13.2 Å². The maximum atomic E-state index is 11.3. The molecule has 1 aromatic rings. The molecule has 0 radical (unpaired) electrons. The number of halogens is 1. The van der Waals surface area contributed by atoms with E-state index in [4.69, 9.17) is 9.84 Å². The van der Waals surface area contributed by atoms with Crippen LogP contribution in [0.4, 0.5) is 0 Å². The maximum Gasteiger partial charge on any atom is 0.339 e. The molecule has 2 rings (SSSR count). The fourth-order valence-corrected chi connectivity index (χ4v) is 3.76. The molecule has 1 fully saturated rings. The molecular formula is C11H11BrO5S. The van der Waals surface area contributed by atoms with Crippen molar-refractivity contribution < 1.29 is 23.1 Å². The molecule has 1 atom stereocenters. The quantitative estimate of drug-likeness (QED) is 0.910. The Labute approximate surface area is 113 Å². The number of carboxylic acid groups (broad SMARTS) is 1. The van der Waals surface area contributed by atoms with E-state index in [1.165, 1.54) is 12.1 Å². The molecule has 7 heteroatoms. The molecule has 1 N–H and O–H groups in total. The molecule has 0 spiro atoms. The first-order valence-corrected chi connectivity index (χ1v) is 7.89. The molecule has 1 aliphatic rings. The summed E-state index contributed by atoms with van der Waals surface area (Å²) in [5, 5.41) is 9.05. The van der Waals surface area contributed by atoms with E-state index in [0.29, 0.717) is 10.9 Å². The summed E-state index contributed by atoms with van der Waals surface area (Å²) in [6, 6.07) is 4.62. The summed E-state index contributed by atoms with van der Waals surface area (Å²) in [6.45, 7) is 0. The minimum Gasteiger partial charge on any atom is -0.488 e. The van der Waals surface area contributed by atoms with Crippen molar-refractivity contribution in [1.82, 2.24) is 0 Å². The fourth-order valence-electron chi connectivity index (χ4n) is 1.81. The second-order valence-electron chi connectivity index (χ2n) is 4.09. The van der Waals surface area contributed by atoms with E-state index >= 15 is 0 Å². The van der Waals surface area contributed by atoms with Crippen LogP contribution in [0.25, 0.3) is 0 Å². The number of benzene rings is 1. The zero-order chi connectivity index (χ0) is 13.3. The van der Waals surface area contributed by atoms with Gasteiger partial charge in [0.25, 0.3) is 0 Å². The van der Waals surface area contributed by atoms with Gasteiger partial charge in [0.2, 0.25) is 0 Å². The second-order valence-corrected chi connectivity index (χ2v) is 7.23. The highest BCUT2D eigenvalue weighted by atomic mass is 79.9. The van der Waals surface area contributed by atoms with Crippen molar-refractivity contribution in [3.05, 3.63) is 28.2 Å². The van der Waals surface area contributed by atoms with Crippen molar-refractivity contribution in [3.8, 4) is 5.75 Å². The lowest BCUT2D eigenvalue weighted by Crippen LogP contribution is -2.19. The zero-order valence-corrected chi connectivity index (χ0v) is 11.7. The number of carboxylic acids is 1. The first-order chi connectivity index (χ1) is 8.37. The van der Waals surface area contributed by atoms with Gasteiger partial charge in [0.05, 0.1) is 11.5 Å². The normalized spacial score (nSPS) is 21.7. The molecule has 1 unspecified atom stereocenters. The van der Waals surface area contributed by atoms with Crippen LogP contribution in [0, 0.1) is 0 Å². The van der Waals surface area contributed by atoms with Crippen molar-refractivity contribution >= 4 is 31.7 Å². The molecule has 18 heavy (non-hydrogen) atoms. The highest BCUT2D eigenvalue weighted by molar-refractivity contribution is 9.10. The average Bonchev–Trinajstić information content (AvgIpc) is 2.60. The molecule has 5 nitrogen and oxygen atoms in total. The summed E-state index contributed by atoms with van der Waals surface area (Å²) >= 11 is 3.18. The van der Waals surface area contributed by atoms with Gasteiger partial charge in [-0.2, -0.15) is 0 Å². The number of sulfone groups is 1. The number of hydrogen-bond donors (Lipinski definition) is 1. The van der Waals surface area contributed by atoms with Crippen LogP contribution in [0.15, 0.2) is 22.7 Å². The van der Waals surface area contributed by atoms with Crippen LogP contribution in [0.1, 0.15) is 16.8 Å². The smallest absolute Gasteiger partial charge is 0.339 e. The van der Waals surface area contributed by atoms with Crippen LogP contribution in [-0.4, -0.2) is 37.1 Å². The summed E-state index contributed by atoms with van der Waals surface area (Å²) in [6.07, 6.45) is -0.0634. The zero-order valence-electron chi connectivity index (χ0n) is 9.30. The van der Waals surface area contributed by atoms with Crippen LogP contribution >= 0.6 is 15.9 Å². The maximum absolute atomic E-state index is 11.3. The third-order valence-electron chi connectivity index (χ3n) is 2.66. The minimum absolute atomic E-state index is 0.0219. The van der Waals surface area contributed by atoms with Gasteiger partial charge in [-0.3, -0.25) is 0 Å². The average molecular weight is 335 g/mol. The standard InChI is InChI=1S/C11H11BrO5S/c12-7-1-2-10(9(5-7)11(13)14)17-8-3-4-18(15,16)6-8/h1-2,5,8H,3-4,6H2,(H,13,14). The highest BCUT2D eigenvalue weighted by Gasteiger charge is 2.30. The van der Waals surface area contributed by atoms with Crippen LogP contribution < -0.4 is 4.74 Å². The minimum atomic E-state index is -3.04. The molecule has 1 aromatic carbocycles. The lowest BCUT2D eigenvalue weighted by atomic mass is 10.2. The Morgan fingerprint density at radius 3 is 2.72 bits per heavy atom. The fraction of sp³-hybridized carbons (Fsp3) is 0.364. The van der Waals surface area contributed by atoms with Crippen LogP contribution in [-0.2, 0) is 9.84 Å². The third kappa shape index (κ3) is 3.02. The predicted octanol–water partition coefficient (Wildman–Crippen LogP) is 1.71. The molecule has 0 aliphatic carbocycles. The lowest BCUT2D eigenvalue weighted by molar-refractivity contribution is 0.0690. The Hall–Kier alpha value is -1.08. The van der Waals surface area contributed by atoms with Gasteiger partial charge in [0, 0.05) is 4.47 Å². The van der Waals surface area contributed by atoms with Crippen LogP contribution in [0.3, 0.4) is 0 Å². The number of rotatable bonds is 3. The van der Waals surface area contributed by atoms with Crippen molar-refractivity contribution in [1.29, 1.82) is 0 Å². The SMILES string of the molecule is O=C(O)c1cc(Br)ccc1OC1CCS(=O)(=O)C1. The van der Waals surface area contributed by atoms with Crippen molar-refractivity contribution in [2.24, 2.45) is 0 Å². The van der Waals surface area contributed by atoms with Crippen molar-refractivity contribution in [3.63, 3.8) is 0 Å². The van der Waals surface area contributed by atoms with E-state index in [9.17, 15) is 13.2 Å². The summed E-state index contributed by atoms with van der Waals surface area (Å²) in [5.74, 6) is -0.862. The van der Waals surface area contributed by atoms with Crippen molar-refractivity contribution in [2.45, 2.75) is 12.5 Å². The number of hydrogen-bond acceptors (Lipinski definition) is 4. The van der Waals surface area contributed by atoms with Crippen LogP contribution in [0.2, 0.25) is 0 Å². The third-order valence-corrected chi connectivity index (χ3v) is 4.89. The topological polar surface area (TPSA) is 80.7 Å². The van der Waals surface area contributed by atoms with Gasteiger partial charge in [-0.15, -0.1) is 0 Å². The Bertz CT molecular complexity index is 581. The van der Waals surface area contributed by atoms with Gasteiger partial charge in [-0.05, 0) is 24.6 Å². The van der Waals surface area contributed by atoms with Gasteiger partial charge in [0.1, 0.15) is 17.4 Å². The second kappa shape index (κ2) is 4.89. The summed E-state index contributed by atoms with van der Waals surface area (Å²) < 4.78 is 28.7. The van der Waals surface area contributed by atoms with Crippen molar-refractivity contribution in [2.75, 3.05) is 11.5 Å². The largest absolute Gasteiger partial charge is 0.488 e. The molecule has 1 saturated heterocycles. The lowest BCUT2D eigenvalue weighted by Gasteiger charge is -2.14. The Kier molecular flexibility index (Phi) is 3.63. The van der Waals surface area contributed by atoms with Gasteiger partial charge in [-0.1, -0.05) is 15.9 Å². The summed E-state index contributed by atoms with van der Waals surface area (Å²) in [4.78, 5) is 11.1. The molecule has 0 saturated carbocycles. The van der Waals surface area contributed by atoms with E-state index in [-0.39, 0.29) is 22.8 Å². The van der Waals surface area contributed by atoms with Gasteiger partial charge < -0.3 is 9.84 Å². The molecule has 1 aliphatic heterocycles. The summed E-state index contributed by atoms with van der Waals surface area (Å²) in [5.41, 5.74) is 0.0219. The van der Waals surface area contributed by atoms with E-state index in [2.05, 4.69) is 15.9 Å². The molecule has 98 valence electrons.